The van der Waals surface area contributed by atoms with Gasteiger partial charge in [-0.1, -0.05) is 11.6 Å². The van der Waals surface area contributed by atoms with Gasteiger partial charge in [-0.15, -0.1) is 0 Å². The minimum atomic E-state index is 0.158. The number of benzene rings is 1. The molecule has 28 heavy (non-hydrogen) atoms. The van der Waals surface area contributed by atoms with E-state index in [1.165, 1.54) is 5.69 Å². The van der Waals surface area contributed by atoms with Gasteiger partial charge >= 0.3 is 0 Å². The number of hydrogen-bond donors (Lipinski definition) is 0. The Balaban J connectivity index is 1.23. The molecule has 0 aromatic heterocycles. The van der Waals surface area contributed by atoms with E-state index in [1.807, 2.05) is 23.1 Å². The summed E-state index contributed by atoms with van der Waals surface area (Å²) in [5.41, 5.74) is 3.13. The van der Waals surface area contributed by atoms with E-state index in [4.69, 9.17) is 11.6 Å². The van der Waals surface area contributed by atoms with Gasteiger partial charge in [-0.05, 0) is 63.1 Å². The topological polar surface area (TPSA) is 39.2 Å². The molecule has 2 saturated heterocycles. The van der Waals surface area contributed by atoms with Crippen molar-refractivity contribution in [3.63, 3.8) is 0 Å². The number of halogens is 1. The van der Waals surface area contributed by atoms with E-state index in [-0.39, 0.29) is 11.9 Å². The van der Waals surface area contributed by atoms with Crippen LogP contribution in [0.15, 0.2) is 40.9 Å². The molecule has 3 aliphatic heterocycles. The Labute approximate surface area is 172 Å². The van der Waals surface area contributed by atoms with Crippen LogP contribution in [0.3, 0.4) is 0 Å². The lowest BCUT2D eigenvalue weighted by Gasteiger charge is -2.36. The van der Waals surface area contributed by atoms with Gasteiger partial charge in [-0.3, -0.25) is 14.7 Å². The first-order chi connectivity index (χ1) is 13.6. The summed E-state index contributed by atoms with van der Waals surface area (Å²) in [6, 6.07) is 8.26. The maximum absolute atomic E-state index is 12.8. The molecule has 5 nitrogen and oxygen atoms in total. The summed E-state index contributed by atoms with van der Waals surface area (Å²) in [5, 5.41) is 0.784. The first-order valence-corrected chi connectivity index (χ1v) is 10.8. The van der Waals surface area contributed by atoms with Crippen LogP contribution in [-0.4, -0.2) is 73.3 Å². The fourth-order valence-electron chi connectivity index (χ4n) is 4.37. The Hall–Kier alpha value is -1.85. The first kappa shape index (κ1) is 19.5. The smallest absolute Gasteiger partial charge is 0.255 e. The predicted octanol–water partition coefficient (Wildman–Crippen LogP) is 3.24. The molecule has 0 radical (unpaired) electrons. The summed E-state index contributed by atoms with van der Waals surface area (Å²) < 4.78 is 0. The Morgan fingerprint density at radius 2 is 1.82 bits per heavy atom. The van der Waals surface area contributed by atoms with Crippen molar-refractivity contribution in [3.8, 4) is 0 Å². The van der Waals surface area contributed by atoms with Gasteiger partial charge in [-0.2, -0.15) is 0 Å². The van der Waals surface area contributed by atoms with Crippen LogP contribution in [0, 0.1) is 0 Å². The summed E-state index contributed by atoms with van der Waals surface area (Å²) in [7, 11) is 0. The summed E-state index contributed by atoms with van der Waals surface area (Å²) >= 11 is 5.99. The van der Waals surface area contributed by atoms with Crippen LogP contribution in [0.1, 0.15) is 26.2 Å². The summed E-state index contributed by atoms with van der Waals surface area (Å²) in [5.74, 6) is 0.188. The third-order valence-electron chi connectivity index (χ3n) is 5.90. The highest BCUT2D eigenvalue weighted by Crippen LogP contribution is 2.23. The van der Waals surface area contributed by atoms with Crippen molar-refractivity contribution >= 4 is 28.9 Å². The van der Waals surface area contributed by atoms with Crippen molar-refractivity contribution < 1.29 is 4.79 Å². The van der Waals surface area contributed by atoms with Crippen molar-refractivity contribution in [2.75, 3.05) is 50.7 Å². The number of carbonyl (C=O) groups excluding carboxylic acids is 1. The molecule has 3 aliphatic rings. The number of nitrogens with zero attached hydrogens (tertiary/aromatic N) is 4. The lowest BCUT2D eigenvalue weighted by atomic mass is 10.1. The van der Waals surface area contributed by atoms with Crippen molar-refractivity contribution in [3.05, 3.63) is 40.9 Å². The minimum absolute atomic E-state index is 0.158. The second kappa shape index (κ2) is 8.66. The van der Waals surface area contributed by atoms with Crippen molar-refractivity contribution in [2.45, 2.75) is 32.2 Å². The SMILES string of the molecule is CC1C=C2C(=O)N(CCCN3CCN(c4ccc(Cl)cc4)CC3)CCCC2=N1. The van der Waals surface area contributed by atoms with Gasteiger partial charge in [-0.25, -0.2) is 0 Å². The number of piperazine rings is 1. The zero-order valence-corrected chi connectivity index (χ0v) is 17.4. The molecular weight excluding hydrogens is 372 g/mol. The monoisotopic (exact) mass is 400 g/mol. The van der Waals surface area contributed by atoms with Crippen LogP contribution >= 0.6 is 11.6 Å². The van der Waals surface area contributed by atoms with E-state index >= 15 is 0 Å². The summed E-state index contributed by atoms with van der Waals surface area (Å²) in [4.78, 5) is 24.4. The normalized spacial score (nSPS) is 23.4. The molecule has 0 saturated carbocycles. The summed E-state index contributed by atoms with van der Waals surface area (Å²) in [6.07, 6.45) is 5.02. The Bertz CT molecular complexity index is 765. The molecule has 0 N–H and O–H groups in total. The molecule has 1 amide bonds. The Morgan fingerprint density at radius 3 is 2.57 bits per heavy atom. The van der Waals surface area contributed by atoms with Crippen LogP contribution in [0.2, 0.25) is 5.02 Å². The second-order valence-corrected chi connectivity index (χ2v) is 8.39. The van der Waals surface area contributed by atoms with Crippen molar-refractivity contribution in [1.82, 2.24) is 9.80 Å². The largest absolute Gasteiger partial charge is 0.369 e. The molecule has 1 aromatic rings. The summed E-state index contributed by atoms with van der Waals surface area (Å²) in [6.45, 7) is 9.00. The predicted molar refractivity (Wildman–Crippen MR) is 116 cm³/mol. The average molecular weight is 401 g/mol. The van der Waals surface area contributed by atoms with Gasteiger partial charge in [0.05, 0.1) is 11.6 Å². The van der Waals surface area contributed by atoms with E-state index in [2.05, 4.69) is 33.8 Å². The molecule has 2 fully saturated rings. The fourth-order valence-corrected chi connectivity index (χ4v) is 4.50. The highest BCUT2D eigenvalue weighted by molar-refractivity contribution is 6.30. The first-order valence-electron chi connectivity index (χ1n) is 10.4. The van der Waals surface area contributed by atoms with E-state index in [9.17, 15) is 4.79 Å². The highest BCUT2D eigenvalue weighted by atomic mass is 35.5. The molecule has 4 rings (SSSR count). The Kier molecular flexibility index (Phi) is 6.02. The molecule has 1 aromatic carbocycles. The number of hydrogen-bond acceptors (Lipinski definition) is 4. The maximum Gasteiger partial charge on any atom is 0.255 e. The number of rotatable bonds is 5. The van der Waals surface area contributed by atoms with Gasteiger partial charge in [0.15, 0.2) is 0 Å². The van der Waals surface area contributed by atoms with E-state index in [0.29, 0.717) is 0 Å². The third-order valence-corrected chi connectivity index (χ3v) is 6.16. The number of anilines is 1. The van der Waals surface area contributed by atoms with E-state index in [1.54, 1.807) is 0 Å². The van der Waals surface area contributed by atoms with Gasteiger partial charge in [0.1, 0.15) is 0 Å². The molecule has 0 bridgehead atoms. The number of fused-ring (bicyclic) bond motifs is 1. The molecule has 1 unspecified atom stereocenters. The van der Waals surface area contributed by atoms with Crippen LogP contribution in [0.4, 0.5) is 5.69 Å². The van der Waals surface area contributed by atoms with Crippen LogP contribution in [0.5, 0.6) is 0 Å². The Morgan fingerprint density at radius 1 is 1.07 bits per heavy atom. The molecular formula is C22H29ClN4O. The average Bonchev–Trinajstić information content (AvgIpc) is 3.01. The molecule has 0 aliphatic carbocycles. The van der Waals surface area contributed by atoms with Crippen molar-refractivity contribution in [2.24, 2.45) is 4.99 Å². The number of amides is 1. The van der Waals surface area contributed by atoms with Gasteiger partial charge in [0.2, 0.25) is 0 Å². The minimum Gasteiger partial charge on any atom is -0.369 e. The molecule has 6 heteroatoms. The number of likely N-dealkylation sites (tertiary alicyclic amines) is 1. The second-order valence-electron chi connectivity index (χ2n) is 7.95. The van der Waals surface area contributed by atoms with Crippen LogP contribution < -0.4 is 4.90 Å². The molecule has 1 atom stereocenters. The maximum atomic E-state index is 12.8. The van der Waals surface area contributed by atoms with Gasteiger partial charge < -0.3 is 9.80 Å². The van der Waals surface area contributed by atoms with Gasteiger partial charge in [0.25, 0.3) is 5.91 Å². The van der Waals surface area contributed by atoms with E-state index < -0.39 is 0 Å². The zero-order chi connectivity index (χ0) is 19.5. The van der Waals surface area contributed by atoms with Gasteiger partial charge in [0, 0.05) is 55.7 Å². The van der Waals surface area contributed by atoms with Crippen molar-refractivity contribution in [1.29, 1.82) is 0 Å². The lowest BCUT2D eigenvalue weighted by molar-refractivity contribution is -0.126. The highest BCUT2D eigenvalue weighted by Gasteiger charge is 2.29. The molecule has 3 heterocycles. The third kappa shape index (κ3) is 4.41. The number of aliphatic imine (C=N–C) groups is 1. The quantitative estimate of drug-likeness (QED) is 0.761. The van der Waals surface area contributed by atoms with Crippen LogP contribution in [-0.2, 0) is 4.79 Å². The zero-order valence-electron chi connectivity index (χ0n) is 16.6. The van der Waals surface area contributed by atoms with Crippen LogP contribution in [0.25, 0.3) is 0 Å². The fraction of sp³-hybridized carbons (Fsp3) is 0.545. The lowest BCUT2D eigenvalue weighted by Crippen LogP contribution is -2.47. The molecule has 150 valence electrons. The van der Waals surface area contributed by atoms with E-state index in [0.717, 1.165) is 81.4 Å². The molecule has 0 spiro atoms. The standard InChI is InChI=1S/C22H29ClN4O/c1-17-16-20-21(24-17)4-2-10-27(22(20)28)11-3-9-25-12-14-26(15-13-25)19-7-5-18(23)6-8-19/h5-8,16-17H,2-4,9-15H2,1H3. The number of carbonyl (C=O) groups is 1.